The number of nitrogens with two attached hydrogens (primary N) is 3. The number of rotatable bonds is 41. The predicted molar refractivity (Wildman–Crippen MR) is 237 cm³/mol. The van der Waals surface area contributed by atoms with Crippen LogP contribution >= 0.6 is 0 Å². The zero-order valence-corrected chi connectivity index (χ0v) is 37.1. The van der Waals surface area contributed by atoms with Gasteiger partial charge in [0.2, 0.25) is 0 Å². The fourth-order valence-electron chi connectivity index (χ4n) is 5.89. The minimum absolute atomic E-state index is 0.407. The lowest BCUT2D eigenvalue weighted by Gasteiger charge is -2.30. The van der Waals surface area contributed by atoms with Crippen molar-refractivity contribution in [2.45, 2.75) is 195 Å². The van der Waals surface area contributed by atoms with Crippen LogP contribution in [0, 0.1) is 5.92 Å². The van der Waals surface area contributed by atoms with E-state index in [1.165, 1.54) is 122 Å². The molecule has 9 heteroatoms. The van der Waals surface area contributed by atoms with E-state index in [0.29, 0.717) is 0 Å². The molecule has 53 heavy (non-hydrogen) atoms. The summed E-state index contributed by atoms with van der Waals surface area (Å²) in [7, 11) is 0. The summed E-state index contributed by atoms with van der Waals surface area (Å²) in [6.45, 7) is 25.7. The van der Waals surface area contributed by atoms with Gasteiger partial charge in [-0.25, -0.2) is 0 Å². The number of ether oxygens (including phenoxy) is 2. The van der Waals surface area contributed by atoms with E-state index in [2.05, 4.69) is 62.8 Å². The molecule has 0 aliphatic heterocycles. The summed E-state index contributed by atoms with van der Waals surface area (Å²) in [6.07, 6.45) is 29.5. The van der Waals surface area contributed by atoms with Gasteiger partial charge < -0.3 is 47.9 Å². The maximum Gasteiger partial charge on any atom is 0.165 e. The van der Waals surface area contributed by atoms with Gasteiger partial charge in [-0.1, -0.05) is 131 Å². The summed E-state index contributed by atoms with van der Waals surface area (Å²) in [4.78, 5) is 0. The molecule has 0 aromatic rings. The van der Waals surface area contributed by atoms with Crippen LogP contribution in [0.5, 0.6) is 0 Å². The molecule has 0 spiro atoms. The molecule has 0 radical (unpaired) electrons. The van der Waals surface area contributed by atoms with Crippen molar-refractivity contribution in [2.75, 3.05) is 85.2 Å². The van der Waals surface area contributed by atoms with E-state index in [1.807, 2.05) is 0 Å². The molecule has 1 unspecified atom stereocenters. The Morgan fingerprint density at radius 1 is 0.415 bits per heavy atom. The molecule has 10 N–H and O–H groups in total. The Balaban J connectivity index is -0.000000852. The normalized spacial score (nSPS) is 12.3. The van der Waals surface area contributed by atoms with Crippen LogP contribution in [0.4, 0.5) is 0 Å². The number of hydrogen-bond acceptors (Lipinski definition) is 9. The smallest absolute Gasteiger partial charge is 0.165 e. The van der Waals surface area contributed by atoms with Gasteiger partial charge in [0.25, 0.3) is 0 Å². The molecule has 0 heterocycles. The maximum atomic E-state index is 6.15. The lowest BCUT2D eigenvalue weighted by molar-refractivity contribution is -0.230. The fourth-order valence-corrected chi connectivity index (χ4v) is 5.89. The van der Waals surface area contributed by atoms with Crippen LogP contribution in [0.15, 0.2) is 0 Å². The molecule has 0 saturated carbocycles. The van der Waals surface area contributed by atoms with E-state index in [9.17, 15) is 0 Å². The summed E-state index contributed by atoms with van der Waals surface area (Å²) in [5.74, 6) is 0.388. The Bertz CT molecular complexity index is 600. The third kappa shape index (κ3) is 56.1. The molecule has 0 aliphatic rings. The van der Waals surface area contributed by atoms with Crippen LogP contribution in [-0.2, 0) is 9.47 Å². The first kappa shape index (κ1) is 57.0. The maximum absolute atomic E-state index is 6.15. The highest BCUT2D eigenvalue weighted by Crippen LogP contribution is 2.21. The Hall–Kier alpha value is -0.360. The van der Waals surface area contributed by atoms with Crippen LogP contribution in [0.3, 0.4) is 0 Å². The van der Waals surface area contributed by atoms with Gasteiger partial charge in [-0.05, 0) is 90.5 Å². The number of hydrogen-bond donors (Lipinski definition) is 7. The van der Waals surface area contributed by atoms with Gasteiger partial charge in [-0.15, -0.1) is 0 Å². The van der Waals surface area contributed by atoms with Crippen LogP contribution in [0.25, 0.3) is 0 Å². The summed E-state index contributed by atoms with van der Waals surface area (Å²) < 4.78 is 12.3. The van der Waals surface area contributed by atoms with Crippen molar-refractivity contribution in [2.24, 2.45) is 23.1 Å². The highest BCUT2D eigenvalue weighted by atomic mass is 16.7. The molecular weight excluding hydrogens is 659 g/mol. The first-order chi connectivity index (χ1) is 25.9. The second-order valence-corrected chi connectivity index (χ2v) is 15.5. The third-order valence-corrected chi connectivity index (χ3v) is 9.29. The van der Waals surface area contributed by atoms with Crippen LogP contribution in [0.1, 0.15) is 189 Å². The lowest BCUT2D eigenvalue weighted by Crippen LogP contribution is -2.33. The van der Waals surface area contributed by atoms with Gasteiger partial charge in [0.05, 0.1) is 13.2 Å². The second-order valence-electron chi connectivity index (χ2n) is 15.5. The van der Waals surface area contributed by atoms with E-state index >= 15 is 0 Å². The van der Waals surface area contributed by atoms with Crippen molar-refractivity contribution in [3.63, 3.8) is 0 Å². The Morgan fingerprint density at radius 3 is 1.06 bits per heavy atom. The molecule has 0 fully saturated rings. The molecular formula is C44H101N7O2. The summed E-state index contributed by atoms with van der Waals surface area (Å²) in [5, 5.41) is 13.5. The molecule has 1 atom stereocenters. The van der Waals surface area contributed by atoms with Gasteiger partial charge in [0.1, 0.15) is 0 Å². The van der Waals surface area contributed by atoms with Gasteiger partial charge >= 0.3 is 0 Å². The van der Waals surface area contributed by atoms with Crippen LogP contribution < -0.4 is 38.5 Å². The minimum Gasteiger partial charge on any atom is -0.350 e. The standard InChI is InChI=1S/C24H53N3O2.C11H26N2.C9H22N2/c1-5-15-24(4,29-22-13-9-7-11-18-27-20-16-25)28-21-12-8-6-10-17-26-19-14-23(2)3;1-2-3-4-5-6-7-8-10-13-11-9-12;1-2-3-4-5-6-8-11-9-7-10/h23,26-27H,5-22,25H2,1-4H3;13H,2-12H2,1H3;11H,2-10H2,1H3. The lowest BCUT2D eigenvalue weighted by atomic mass is 10.1. The van der Waals surface area contributed by atoms with Crippen molar-refractivity contribution in [1.82, 2.24) is 21.3 Å². The largest absolute Gasteiger partial charge is 0.350 e. The first-order valence-electron chi connectivity index (χ1n) is 23.1. The average Bonchev–Trinajstić information content (AvgIpc) is 3.14. The quantitative estimate of drug-likeness (QED) is 0.0241. The van der Waals surface area contributed by atoms with E-state index in [-0.39, 0.29) is 0 Å². The SMILES string of the molecule is CCCC(C)(OCCCCCCNCCN)OCCCCCCNCCC(C)C.CCCCCCCCCNCCN.CCCCCCCNCCN. The molecule has 0 saturated heterocycles. The van der Waals surface area contributed by atoms with Crippen molar-refractivity contribution < 1.29 is 9.47 Å². The first-order valence-corrected chi connectivity index (χ1v) is 23.1. The molecule has 0 aliphatic carbocycles. The summed E-state index contributed by atoms with van der Waals surface area (Å²) in [5.41, 5.74) is 16.2. The molecule has 0 rings (SSSR count). The van der Waals surface area contributed by atoms with E-state index in [1.54, 1.807) is 0 Å². The molecule has 0 aromatic carbocycles. The Kier molecular flexibility index (Phi) is 55.5. The van der Waals surface area contributed by atoms with Crippen LogP contribution in [0.2, 0.25) is 0 Å². The van der Waals surface area contributed by atoms with Gasteiger partial charge in [-0.3, -0.25) is 0 Å². The van der Waals surface area contributed by atoms with E-state index in [4.69, 9.17) is 26.7 Å². The zero-order valence-electron chi connectivity index (χ0n) is 37.1. The number of unbranched alkanes of at least 4 members (excludes halogenated alkanes) is 16. The molecule has 9 nitrogen and oxygen atoms in total. The zero-order chi connectivity index (χ0) is 39.8. The number of nitrogens with one attached hydrogen (secondary N) is 4. The summed E-state index contributed by atoms with van der Waals surface area (Å²) >= 11 is 0. The molecule has 0 amide bonds. The van der Waals surface area contributed by atoms with Gasteiger partial charge in [0.15, 0.2) is 5.79 Å². The Labute approximate surface area is 333 Å². The van der Waals surface area contributed by atoms with E-state index < -0.39 is 5.79 Å². The van der Waals surface area contributed by atoms with Gasteiger partial charge in [0, 0.05) is 45.7 Å². The Morgan fingerprint density at radius 2 is 0.736 bits per heavy atom. The van der Waals surface area contributed by atoms with Gasteiger partial charge in [-0.2, -0.15) is 0 Å². The highest BCUT2D eigenvalue weighted by molar-refractivity contribution is 4.63. The van der Waals surface area contributed by atoms with Crippen molar-refractivity contribution in [3.05, 3.63) is 0 Å². The third-order valence-electron chi connectivity index (χ3n) is 9.29. The van der Waals surface area contributed by atoms with Crippen molar-refractivity contribution >= 4 is 0 Å². The van der Waals surface area contributed by atoms with Crippen LogP contribution in [-0.4, -0.2) is 91.0 Å². The highest BCUT2D eigenvalue weighted by Gasteiger charge is 2.24. The molecule has 0 bridgehead atoms. The van der Waals surface area contributed by atoms with Crippen molar-refractivity contribution in [1.29, 1.82) is 0 Å². The van der Waals surface area contributed by atoms with Crippen molar-refractivity contribution in [3.8, 4) is 0 Å². The molecule has 324 valence electrons. The fraction of sp³-hybridized carbons (Fsp3) is 1.00. The minimum atomic E-state index is -0.407. The van der Waals surface area contributed by atoms with E-state index in [0.717, 1.165) is 117 Å². The second kappa shape index (κ2) is 51.6. The average molecular weight is 760 g/mol. The topological polar surface area (TPSA) is 145 Å². The molecule has 0 aromatic heterocycles. The monoisotopic (exact) mass is 760 g/mol. The summed E-state index contributed by atoms with van der Waals surface area (Å²) in [6, 6.07) is 0. The predicted octanol–water partition coefficient (Wildman–Crippen LogP) is 8.63.